The van der Waals surface area contributed by atoms with Gasteiger partial charge in [-0.3, -0.25) is 9.80 Å². The summed E-state index contributed by atoms with van der Waals surface area (Å²) in [6.45, 7) is 8.61. The molecule has 42 heavy (non-hydrogen) atoms. The molecule has 10 nitrogen and oxygen atoms in total. The SMILES string of the molecule is [2H]C([2H])([2H])OC(C)C12CCC(CN(c3nc(OC[C@@]45CCCN4C[C@H](F)C5)nc4c(F)c(Cl)ncc34)C1)N2C(=O)OC(C)(C)C. The third kappa shape index (κ3) is 4.93. The maximum absolute atomic E-state index is 15.4. The Kier molecular flexibility index (Phi) is 6.50. The van der Waals surface area contributed by atoms with Gasteiger partial charge in [-0.1, -0.05) is 11.6 Å². The molecule has 0 aliphatic carbocycles. The number of carbonyl (C=O) groups is 1. The van der Waals surface area contributed by atoms with Gasteiger partial charge in [-0.2, -0.15) is 9.97 Å². The van der Waals surface area contributed by atoms with Crippen LogP contribution in [0.5, 0.6) is 6.01 Å². The summed E-state index contributed by atoms with van der Waals surface area (Å²) in [6, 6.07) is -0.480. The quantitative estimate of drug-likeness (QED) is 0.428. The Labute approximate surface area is 253 Å². The number of carbonyl (C=O) groups excluding carboxylic acids is 1. The van der Waals surface area contributed by atoms with Gasteiger partial charge in [0.25, 0.3) is 0 Å². The lowest BCUT2D eigenvalue weighted by Gasteiger charge is -2.51. The third-order valence-electron chi connectivity index (χ3n) is 9.31. The Hall–Kier alpha value is -2.57. The fraction of sp³-hybridized carbons (Fsp3) is 0.724. The minimum Gasteiger partial charge on any atom is -0.461 e. The van der Waals surface area contributed by atoms with Crippen LogP contribution < -0.4 is 9.64 Å². The maximum atomic E-state index is 15.4. The molecule has 6 rings (SSSR count). The standard InChI is InChI=1S/C29H39ClF2N6O4/c1-17(40-5)29-9-7-19(38(29)26(39)42-27(2,3)4)14-36(15-29)24-20-12-33-23(30)21(32)22(20)34-25(35-24)41-16-28-8-6-10-37(28)13-18(31)11-28/h12,17-19H,6-11,13-16H2,1-5H3/t17?,18-,19?,28+,29?/m1/s1/i5D3. The summed E-state index contributed by atoms with van der Waals surface area (Å²) in [5, 5.41) is -0.0834. The van der Waals surface area contributed by atoms with Crippen molar-refractivity contribution in [2.24, 2.45) is 0 Å². The molecule has 3 unspecified atom stereocenters. The van der Waals surface area contributed by atoms with E-state index in [-0.39, 0.29) is 41.3 Å². The summed E-state index contributed by atoms with van der Waals surface area (Å²) in [6.07, 6.45) is 1.99. The first-order chi connectivity index (χ1) is 21.0. The Bertz CT molecular complexity index is 1480. The average molecular weight is 612 g/mol. The lowest BCUT2D eigenvalue weighted by molar-refractivity contribution is -0.0554. The van der Waals surface area contributed by atoms with E-state index in [9.17, 15) is 9.18 Å². The fourth-order valence-electron chi connectivity index (χ4n) is 7.40. The minimum absolute atomic E-state index is 0.0895. The van der Waals surface area contributed by atoms with Gasteiger partial charge in [-0.15, -0.1) is 0 Å². The topological polar surface area (TPSA) is 93.2 Å². The van der Waals surface area contributed by atoms with E-state index in [1.165, 1.54) is 6.20 Å². The summed E-state index contributed by atoms with van der Waals surface area (Å²) < 4.78 is 70.6. The molecule has 0 radical (unpaired) electrons. The van der Waals surface area contributed by atoms with Crippen molar-refractivity contribution in [2.75, 3.05) is 44.7 Å². The number of alkyl halides is 1. The average Bonchev–Trinajstić information content (AvgIpc) is 3.53. The van der Waals surface area contributed by atoms with Crippen molar-refractivity contribution in [3.63, 3.8) is 0 Å². The van der Waals surface area contributed by atoms with E-state index in [0.717, 1.165) is 19.4 Å². The highest BCUT2D eigenvalue weighted by molar-refractivity contribution is 6.30. The van der Waals surface area contributed by atoms with Crippen molar-refractivity contribution in [1.29, 1.82) is 0 Å². The lowest BCUT2D eigenvalue weighted by atomic mass is 9.88. The van der Waals surface area contributed by atoms with Crippen molar-refractivity contribution < 1.29 is 31.9 Å². The summed E-state index contributed by atoms with van der Waals surface area (Å²) >= 11 is 6.06. The van der Waals surface area contributed by atoms with Gasteiger partial charge >= 0.3 is 12.1 Å². The van der Waals surface area contributed by atoms with Gasteiger partial charge in [0.15, 0.2) is 11.0 Å². The highest BCUT2D eigenvalue weighted by Gasteiger charge is 2.58. The molecule has 13 heteroatoms. The zero-order valence-electron chi connectivity index (χ0n) is 27.3. The summed E-state index contributed by atoms with van der Waals surface area (Å²) in [5.74, 6) is -0.535. The molecule has 6 heterocycles. The van der Waals surface area contributed by atoms with Crippen LogP contribution in [0.25, 0.3) is 10.9 Å². The van der Waals surface area contributed by atoms with Gasteiger partial charge < -0.3 is 19.1 Å². The van der Waals surface area contributed by atoms with Crippen LogP contribution in [-0.4, -0.2) is 106 Å². The second-order valence-corrected chi connectivity index (χ2v) is 13.5. The van der Waals surface area contributed by atoms with Crippen LogP contribution in [0.2, 0.25) is 5.15 Å². The van der Waals surface area contributed by atoms with Gasteiger partial charge in [0.1, 0.15) is 29.7 Å². The van der Waals surface area contributed by atoms with Gasteiger partial charge in [0.2, 0.25) is 0 Å². The normalized spacial score (nSPS) is 31.5. The van der Waals surface area contributed by atoms with E-state index >= 15 is 4.39 Å². The fourth-order valence-corrected chi connectivity index (χ4v) is 7.54. The molecule has 230 valence electrons. The van der Waals surface area contributed by atoms with E-state index in [1.807, 2.05) is 4.90 Å². The highest BCUT2D eigenvalue weighted by atomic mass is 35.5. The Morgan fingerprint density at radius 2 is 2.12 bits per heavy atom. The number of pyridine rings is 1. The number of methoxy groups -OCH3 is 1. The van der Waals surface area contributed by atoms with E-state index in [0.29, 0.717) is 38.2 Å². The van der Waals surface area contributed by atoms with Crippen molar-refractivity contribution in [2.45, 2.75) is 94.8 Å². The molecule has 0 saturated carbocycles. The molecule has 2 aromatic rings. The van der Waals surface area contributed by atoms with Gasteiger partial charge in [-0.25, -0.2) is 18.6 Å². The molecule has 0 aromatic carbocycles. The number of nitrogens with zero attached hydrogens (tertiary/aromatic N) is 6. The number of hydrogen-bond donors (Lipinski definition) is 0. The smallest absolute Gasteiger partial charge is 0.411 e. The van der Waals surface area contributed by atoms with Gasteiger partial charge in [-0.05, 0) is 59.9 Å². The van der Waals surface area contributed by atoms with Crippen molar-refractivity contribution in [1.82, 2.24) is 24.8 Å². The molecule has 2 aromatic heterocycles. The molecular formula is C29H39ClF2N6O4. The number of hydrogen-bond acceptors (Lipinski definition) is 9. The van der Waals surface area contributed by atoms with Gasteiger partial charge in [0.05, 0.1) is 32.7 Å². The summed E-state index contributed by atoms with van der Waals surface area (Å²) in [4.78, 5) is 32.3. The first-order valence-corrected chi connectivity index (χ1v) is 14.9. The number of ether oxygens (including phenoxy) is 3. The molecule has 4 aliphatic rings. The molecule has 0 spiro atoms. The largest absolute Gasteiger partial charge is 0.461 e. The van der Waals surface area contributed by atoms with Crippen LogP contribution >= 0.6 is 11.6 Å². The molecule has 4 fully saturated rings. The molecule has 4 aliphatic heterocycles. The predicted octanol–water partition coefficient (Wildman–Crippen LogP) is 4.77. The number of fused-ring (bicyclic) bond motifs is 4. The number of anilines is 1. The Morgan fingerprint density at radius 3 is 2.88 bits per heavy atom. The second kappa shape index (κ2) is 10.6. The van der Waals surface area contributed by atoms with Crippen LogP contribution in [0.3, 0.4) is 0 Å². The molecule has 4 saturated heterocycles. The first kappa shape index (κ1) is 25.9. The number of amides is 1. The van der Waals surface area contributed by atoms with Crippen LogP contribution in [0.4, 0.5) is 19.4 Å². The lowest BCUT2D eigenvalue weighted by Crippen LogP contribution is -2.68. The van der Waals surface area contributed by atoms with Crippen LogP contribution in [0.15, 0.2) is 6.20 Å². The number of piperazine rings is 1. The molecule has 1 amide bonds. The zero-order valence-corrected chi connectivity index (χ0v) is 25.1. The molecule has 2 bridgehead atoms. The predicted molar refractivity (Wildman–Crippen MR) is 153 cm³/mol. The summed E-state index contributed by atoms with van der Waals surface area (Å²) in [5.41, 5.74) is -2.46. The first-order valence-electron chi connectivity index (χ1n) is 16.0. The van der Waals surface area contributed by atoms with E-state index in [1.54, 1.807) is 32.6 Å². The minimum atomic E-state index is -2.72. The van der Waals surface area contributed by atoms with E-state index in [2.05, 4.69) is 14.9 Å². The highest BCUT2D eigenvalue weighted by Crippen LogP contribution is 2.46. The van der Waals surface area contributed by atoms with Crippen LogP contribution in [-0.2, 0) is 9.47 Å². The number of halogens is 3. The number of rotatable bonds is 6. The van der Waals surface area contributed by atoms with Crippen molar-refractivity contribution in [3.8, 4) is 6.01 Å². The van der Waals surface area contributed by atoms with Crippen LogP contribution in [0.1, 0.15) is 63.9 Å². The Morgan fingerprint density at radius 1 is 1.31 bits per heavy atom. The van der Waals surface area contributed by atoms with Crippen LogP contribution in [0, 0.1) is 5.82 Å². The van der Waals surface area contributed by atoms with Gasteiger partial charge in [0, 0.05) is 39.3 Å². The second-order valence-electron chi connectivity index (χ2n) is 13.1. The van der Waals surface area contributed by atoms with E-state index in [4.69, 9.17) is 34.9 Å². The van der Waals surface area contributed by atoms with Crippen molar-refractivity contribution in [3.05, 3.63) is 17.2 Å². The zero-order chi connectivity index (χ0) is 32.5. The molecular weight excluding hydrogens is 570 g/mol. The van der Waals surface area contributed by atoms with E-state index < -0.39 is 47.9 Å². The molecule has 0 N–H and O–H groups in total. The van der Waals surface area contributed by atoms with Crippen molar-refractivity contribution >= 4 is 34.4 Å². The Balaban J connectivity index is 1.38. The molecule has 5 atom stereocenters. The maximum Gasteiger partial charge on any atom is 0.411 e. The number of aromatic nitrogens is 3. The summed E-state index contributed by atoms with van der Waals surface area (Å²) in [7, 11) is -2.72. The monoisotopic (exact) mass is 611 g/mol. The third-order valence-corrected chi connectivity index (χ3v) is 9.57.